The van der Waals surface area contributed by atoms with E-state index in [0.717, 1.165) is 19.3 Å². The molecule has 0 saturated heterocycles. The van der Waals surface area contributed by atoms with Crippen LogP contribution in [0.1, 0.15) is 45.4 Å². The summed E-state index contributed by atoms with van der Waals surface area (Å²) >= 11 is 0. The van der Waals surface area contributed by atoms with Crippen molar-refractivity contribution in [3.63, 3.8) is 0 Å². The first-order chi connectivity index (χ1) is 6.03. The molecule has 0 radical (unpaired) electrons. The fourth-order valence-corrected chi connectivity index (χ4v) is 2.07. The molecule has 2 atom stereocenters. The molecule has 1 fully saturated rings. The van der Waals surface area contributed by atoms with Crippen molar-refractivity contribution in [3.05, 3.63) is 0 Å². The van der Waals surface area contributed by atoms with Gasteiger partial charge in [0.2, 0.25) is 5.92 Å². The number of alkyl halides is 2. The minimum atomic E-state index is -2.42. The van der Waals surface area contributed by atoms with E-state index >= 15 is 0 Å². The fraction of sp³-hybridized carbons (Fsp3) is 1.00. The van der Waals surface area contributed by atoms with Crippen molar-refractivity contribution in [1.82, 2.24) is 0 Å². The summed E-state index contributed by atoms with van der Waals surface area (Å²) in [6, 6.07) is 0.110. The van der Waals surface area contributed by atoms with Crippen LogP contribution in [0.4, 0.5) is 8.78 Å². The van der Waals surface area contributed by atoms with Crippen LogP contribution >= 0.6 is 0 Å². The van der Waals surface area contributed by atoms with Gasteiger partial charge in [-0.1, -0.05) is 6.92 Å². The largest absolute Gasteiger partial charge is 0.328 e. The first kappa shape index (κ1) is 10.9. The van der Waals surface area contributed by atoms with Gasteiger partial charge in [-0.05, 0) is 31.6 Å². The molecule has 3 heteroatoms. The average molecular weight is 191 g/mol. The Bertz CT molecular complexity index is 159. The Balaban J connectivity index is 2.34. The van der Waals surface area contributed by atoms with E-state index in [2.05, 4.69) is 0 Å². The summed E-state index contributed by atoms with van der Waals surface area (Å²) in [6.07, 6.45) is 3.39. The molecule has 1 rings (SSSR count). The highest BCUT2D eigenvalue weighted by atomic mass is 19.3. The molecule has 1 saturated carbocycles. The number of halogens is 2. The van der Waals surface area contributed by atoms with E-state index in [-0.39, 0.29) is 24.8 Å². The van der Waals surface area contributed by atoms with Gasteiger partial charge >= 0.3 is 0 Å². The molecular weight excluding hydrogens is 172 g/mol. The molecule has 0 aromatic heterocycles. The van der Waals surface area contributed by atoms with Crippen molar-refractivity contribution in [1.29, 1.82) is 0 Å². The molecule has 2 unspecified atom stereocenters. The maximum Gasteiger partial charge on any atom is 0.248 e. The van der Waals surface area contributed by atoms with Crippen molar-refractivity contribution in [2.75, 3.05) is 0 Å². The second-order valence-corrected chi connectivity index (χ2v) is 4.22. The average Bonchev–Trinajstić information content (AvgIpc) is 2.02. The lowest BCUT2D eigenvalue weighted by molar-refractivity contribution is -0.0543. The maximum atomic E-state index is 13.0. The van der Waals surface area contributed by atoms with Crippen molar-refractivity contribution in [2.45, 2.75) is 57.4 Å². The van der Waals surface area contributed by atoms with Crippen LogP contribution < -0.4 is 5.73 Å². The molecule has 13 heavy (non-hydrogen) atoms. The number of nitrogens with two attached hydrogens (primary N) is 1. The summed E-state index contributed by atoms with van der Waals surface area (Å²) in [5.74, 6) is -2.27. The zero-order valence-corrected chi connectivity index (χ0v) is 8.23. The number of hydrogen-bond acceptors (Lipinski definition) is 1. The van der Waals surface area contributed by atoms with Gasteiger partial charge in [-0.2, -0.15) is 0 Å². The molecule has 0 heterocycles. The molecular formula is C10H19F2N. The van der Waals surface area contributed by atoms with Crippen molar-refractivity contribution >= 4 is 0 Å². The monoisotopic (exact) mass is 191 g/mol. The highest BCUT2D eigenvalue weighted by Crippen LogP contribution is 2.38. The lowest BCUT2D eigenvalue weighted by atomic mass is 9.82. The summed E-state index contributed by atoms with van der Waals surface area (Å²) in [4.78, 5) is 0. The van der Waals surface area contributed by atoms with Gasteiger partial charge in [-0.3, -0.25) is 0 Å². The fourth-order valence-electron chi connectivity index (χ4n) is 2.07. The van der Waals surface area contributed by atoms with Crippen LogP contribution in [0.5, 0.6) is 0 Å². The van der Waals surface area contributed by atoms with E-state index in [1.165, 1.54) is 0 Å². The molecule has 0 spiro atoms. The summed E-state index contributed by atoms with van der Waals surface area (Å²) in [5.41, 5.74) is 5.75. The Hall–Kier alpha value is -0.180. The van der Waals surface area contributed by atoms with Gasteiger partial charge in [-0.15, -0.1) is 0 Å². The summed E-state index contributed by atoms with van der Waals surface area (Å²) in [6.45, 7) is 2.01. The van der Waals surface area contributed by atoms with Crippen molar-refractivity contribution in [2.24, 2.45) is 11.7 Å². The van der Waals surface area contributed by atoms with E-state index < -0.39 is 5.92 Å². The van der Waals surface area contributed by atoms with Gasteiger partial charge in [0.05, 0.1) is 0 Å². The number of rotatable bonds is 3. The van der Waals surface area contributed by atoms with Gasteiger partial charge in [0.1, 0.15) is 0 Å². The first-order valence-corrected chi connectivity index (χ1v) is 5.17. The smallest absolute Gasteiger partial charge is 0.248 e. The quantitative estimate of drug-likeness (QED) is 0.729. The summed E-state index contributed by atoms with van der Waals surface area (Å²) in [5, 5.41) is 0. The topological polar surface area (TPSA) is 26.0 Å². The summed E-state index contributed by atoms with van der Waals surface area (Å²) in [7, 11) is 0. The highest BCUT2D eigenvalue weighted by Gasteiger charge is 2.36. The normalized spacial score (nSPS) is 30.0. The Morgan fingerprint density at radius 2 is 2.23 bits per heavy atom. The molecule has 0 bridgehead atoms. The SMILES string of the molecule is CCC(N)CC1CCCC(F)(F)C1. The summed E-state index contributed by atoms with van der Waals surface area (Å²) < 4.78 is 25.9. The van der Waals surface area contributed by atoms with Gasteiger partial charge in [0.25, 0.3) is 0 Å². The Kier molecular flexibility index (Phi) is 3.65. The molecule has 1 aliphatic carbocycles. The minimum absolute atomic E-state index is 0.0562. The van der Waals surface area contributed by atoms with Crippen LogP contribution in [0.3, 0.4) is 0 Å². The predicted molar refractivity (Wildman–Crippen MR) is 49.8 cm³/mol. The third-order valence-electron chi connectivity index (χ3n) is 2.90. The Morgan fingerprint density at radius 3 is 2.77 bits per heavy atom. The van der Waals surface area contributed by atoms with Crippen molar-refractivity contribution < 1.29 is 8.78 Å². The Morgan fingerprint density at radius 1 is 1.54 bits per heavy atom. The van der Waals surface area contributed by atoms with Gasteiger partial charge in [-0.25, -0.2) is 8.78 Å². The standard InChI is InChI=1S/C10H19F2N/c1-2-9(13)6-8-4-3-5-10(11,12)7-8/h8-9H,2-7,13H2,1H3. The second-order valence-electron chi connectivity index (χ2n) is 4.22. The van der Waals surface area contributed by atoms with Gasteiger partial charge < -0.3 is 5.73 Å². The highest BCUT2D eigenvalue weighted by molar-refractivity contribution is 4.80. The zero-order chi connectivity index (χ0) is 9.90. The van der Waals surface area contributed by atoms with E-state index in [1.54, 1.807) is 0 Å². The van der Waals surface area contributed by atoms with Crippen LogP contribution in [0.2, 0.25) is 0 Å². The molecule has 0 aliphatic heterocycles. The second kappa shape index (κ2) is 4.36. The van der Waals surface area contributed by atoms with Crippen LogP contribution in [0.25, 0.3) is 0 Å². The van der Waals surface area contributed by atoms with Crippen LogP contribution in [0.15, 0.2) is 0 Å². The third kappa shape index (κ3) is 3.59. The minimum Gasteiger partial charge on any atom is -0.328 e. The van der Waals surface area contributed by atoms with Crippen LogP contribution in [-0.4, -0.2) is 12.0 Å². The lowest BCUT2D eigenvalue weighted by Crippen LogP contribution is -2.30. The maximum absolute atomic E-state index is 13.0. The van der Waals surface area contributed by atoms with E-state index in [0.29, 0.717) is 6.42 Å². The predicted octanol–water partition coefficient (Wildman–Crippen LogP) is 2.94. The first-order valence-electron chi connectivity index (χ1n) is 5.17. The molecule has 1 nitrogen and oxygen atoms in total. The van der Waals surface area contributed by atoms with Crippen LogP contribution in [-0.2, 0) is 0 Å². The Labute approximate surface area is 78.7 Å². The molecule has 0 amide bonds. The van der Waals surface area contributed by atoms with Gasteiger partial charge in [0.15, 0.2) is 0 Å². The van der Waals surface area contributed by atoms with Crippen molar-refractivity contribution in [3.8, 4) is 0 Å². The van der Waals surface area contributed by atoms with E-state index in [4.69, 9.17) is 5.73 Å². The molecule has 0 aromatic rings. The molecule has 0 aromatic carbocycles. The molecule has 78 valence electrons. The van der Waals surface area contributed by atoms with E-state index in [1.807, 2.05) is 6.92 Å². The van der Waals surface area contributed by atoms with Gasteiger partial charge in [0, 0.05) is 18.9 Å². The number of hydrogen-bond donors (Lipinski definition) is 1. The molecule has 1 aliphatic rings. The third-order valence-corrected chi connectivity index (χ3v) is 2.90. The zero-order valence-electron chi connectivity index (χ0n) is 8.23. The van der Waals surface area contributed by atoms with E-state index in [9.17, 15) is 8.78 Å². The lowest BCUT2D eigenvalue weighted by Gasteiger charge is -2.30. The van der Waals surface area contributed by atoms with Crippen LogP contribution in [0, 0.1) is 5.92 Å². The molecule has 2 N–H and O–H groups in total.